The Morgan fingerprint density at radius 3 is 2.57 bits per heavy atom. The molecule has 2 aromatic carbocycles. The molecule has 4 heteroatoms. The zero-order valence-electron chi connectivity index (χ0n) is 11.8. The number of imidazole rings is 1. The highest BCUT2D eigenvalue weighted by molar-refractivity contribution is 5.96. The minimum atomic E-state index is 0.0658. The minimum absolute atomic E-state index is 0.0658. The second-order valence-corrected chi connectivity index (χ2v) is 4.83. The van der Waals surface area contributed by atoms with Crippen LogP contribution in [-0.4, -0.2) is 22.4 Å². The molecule has 0 bridgehead atoms. The molecular formula is C17H16N2O2. The van der Waals surface area contributed by atoms with E-state index in [-0.39, 0.29) is 12.3 Å². The van der Waals surface area contributed by atoms with Gasteiger partial charge in [-0.3, -0.25) is 4.79 Å². The Balaban J connectivity index is 1.99. The third-order valence-corrected chi connectivity index (χ3v) is 3.40. The molecule has 1 aromatic heterocycles. The lowest BCUT2D eigenvalue weighted by Crippen LogP contribution is -2.13. The molecule has 0 fully saturated rings. The number of benzene rings is 2. The molecule has 0 aliphatic heterocycles. The maximum Gasteiger partial charge on any atom is 0.182 e. The van der Waals surface area contributed by atoms with E-state index in [0.717, 1.165) is 16.9 Å². The third-order valence-electron chi connectivity index (χ3n) is 3.40. The van der Waals surface area contributed by atoms with Crippen LogP contribution in [0.4, 0.5) is 0 Å². The Morgan fingerprint density at radius 1 is 1.10 bits per heavy atom. The number of nitrogens with zero attached hydrogens (tertiary/aromatic N) is 2. The van der Waals surface area contributed by atoms with Gasteiger partial charge in [0.25, 0.3) is 0 Å². The number of ether oxygens (including phenoxy) is 1. The first kappa shape index (κ1) is 13.5. The minimum Gasteiger partial charge on any atom is -0.377 e. The predicted octanol–water partition coefficient (Wildman–Crippen LogP) is 3.07. The Labute approximate surface area is 123 Å². The molecule has 106 valence electrons. The summed E-state index contributed by atoms with van der Waals surface area (Å²) in [5.41, 5.74) is 2.54. The molecule has 4 nitrogen and oxygen atoms in total. The molecule has 3 aromatic rings. The van der Waals surface area contributed by atoms with Gasteiger partial charge in [0.15, 0.2) is 5.78 Å². The Bertz CT molecular complexity index is 763. The first-order valence-corrected chi connectivity index (χ1v) is 6.81. The molecular weight excluding hydrogens is 264 g/mol. The molecule has 0 radical (unpaired) electrons. The summed E-state index contributed by atoms with van der Waals surface area (Å²) in [6, 6.07) is 17.1. The van der Waals surface area contributed by atoms with E-state index in [2.05, 4.69) is 4.98 Å². The van der Waals surface area contributed by atoms with E-state index in [9.17, 15) is 4.79 Å². The van der Waals surface area contributed by atoms with Gasteiger partial charge in [-0.1, -0.05) is 42.5 Å². The quantitative estimate of drug-likeness (QED) is 0.675. The van der Waals surface area contributed by atoms with Gasteiger partial charge in [0.1, 0.15) is 12.4 Å². The van der Waals surface area contributed by atoms with Crippen LogP contribution in [0.5, 0.6) is 0 Å². The van der Waals surface area contributed by atoms with Crippen molar-refractivity contribution in [3.63, 3.8) is 0 Å². The highest BCUT2D eigenvalue weighted by atomic mass is 16.5. The van der Waals surface area contributed by atoms with Crippen LogP contribution in [-0.2, 0) is 17.9 Å². The summed E-state index contributed by atoms with van der Waals surface area (Å²) < 4.78 is 7.12. The molecule has 21 heavy (non-hydrogen) atoms. The van der Waals surface area contributed by atoms with Gasteiger partial charge in [0.2, 0.25) is 0 Å². The first-order chi connectivity index (χ1) is 10.3. The summed E-state index contributed by atoms with van der Waals surface area (Å²) in [6.45, 7) is 0.653. The number of carbonyl (C=O) groups is 1. The normalized spacial score (nSPS) is 10.9. The van der Waals surface area contributed by atoms with E-state index in [0.29, 0.717) is 12.2 Å². The van der Waals surface area contributed by atoms with Gasteiger partial charge in [0, 0.05) is 12.7 Å². The molecule has 0 saturated heterocycles. The van der Waals surface area contributed by atoms with Gasteiger partial charge in [-0.05, 0) is 12.1 Å². The smallest absolute Gasteiger partial charge is 0.182 e. The molecule has 0 saturated carbocycles. The number of methoxy groups -OCH3 is 1. The second-order valence-electron chi connectivity index (χ2n) is 4.83. The van der Waals surface area contributed by atoms with Crippen molar-refractivity contribution in [1.29, 1.82) is 0 Å². The lowest BCUT2D eigenvalue weighted by atomic mass is 10.1. The number of hydrogen-bond donors (Lipinski definition) is 0. The number of aromatic nitrogens is 2. The molecule has 0 N–H and O–H groups in total. The third kappa shape index (κ3) is 2.71. The van der Waals surface area contributed by atoms with Crippen molar-refractivity contribution in [2.45, 2.75) is 13.2 Å². The summed E-state index contributed by atoms with van der Waals surface area (Å²) in [7, 11) is 1.63. The summed E-state index contributed by atoms with van der Waals surface area (Å²) in [4.78, 5) is 17.0. The van der Waals surface area contributed by atoms with Gasteiger partial charge < -0.3 is 9.30 Å². The Morgan fingerprint density at radius 2 is 1.81 bits per heavy atom. The largest absolute Gasteiger partial charge is 0.377 e. The second kappa shape index (κ2) is 5.89. The number of rotatable bonds is 5. The number of carbonyl (C=O) groups excluding carboxylic acids is 1. The van der Waals surface area contributed by atoms with Crippen LogP contribution in [0.1, 0.15) is 16.2 Å². The maximum atomic E-state index is 12.4. The van der Waals surface area contributed by atoms with Crippen molar-refractivity contribution >= 4 is 16.8 Å². The van der Waals surface area contributed by atoms with E-state index in [1.54, 1.807) is 7.11 Å². The molecule has 3 rings (SSSR count). The summed E-state index contributed by atoms with van der Waals surface area (Å²) >= 11 is 0. The van der Waals surface area contributed by atoms with Crippen LogP contribution in [0.3, 0.4) is 0 Å². The van der Waals surface area contributed by atoms with Gasteiger partial charge >= 0.3 is 0 Å². The zero-order valence-corrected chi connectivity index (χ0v) is 11.8. The summed E-state index contributed by atoms with van der Waals surface area (Å²) in [6.07, 6.45) is 0. The monoisotopic (exact) mass is 280 g/mol. The molecule has 0 aliphatic carbocycles. The summed E-state index contributed by atoms with van der Waals surface area (Å²) in [5, 5.41) is 0. The molecule has 0 unspecified atom stereocenters. The van der Waals surface area contributed by atoms with E-state index in [4.69, 9.17) is 4.74 Å². The van der Waals surface area contributed by atoms with Crippen LogP contribution in [0.25, 0.3) is 11.0 Å². The fraction of sp³-hybridized carbons (Fsp3) is 0.176. The average Bonchev–Trinajstić information content (AvgIpc) is 2.86. The first-order valence-electron chi connectivity index (χ1n) is 6.81. The lowest BCUT2D eigenvalue weighted by Gasteiger charge is -2.08. The number of Topliss-reactive ketones (excluding diaryl/α,β-unsaturated/α-hetero) is 1. The number of para-hydroxylation sites is 2. The van der Waals surface area contributed by atoms with Gasteiger partial charge in [-0.15, -0.1) is 0 Å². The van der Waals surface area contributed by atoms with Crippen LogP contribution < -0.4 is 0 Å². The number of ketones is 1. The zero-order chi connectivity index (χ0) is 14.7. The predicted molar refractivity (Wildman–Crippen MR) is 81.2 cm³/mol. The topological polar surface area (TPSA) is 44.1 Å². The van der Waals surface area contributed by atoms with E-state index in [1.165, 1.54) is 0 Å². The van der Waals surface area contributed by atoms with E-state index in [1.807, 2.05) is 59.2 Å². The molecule has 0 amide bonds. The van der Waals surface area contributed by atoms with Crippen molar-refractivity contribution in [2.24, 2.45) is 0 Å². The molecule has 0 atom stereocenters. The van der Waals surface area contributed by atoms with Crippen LogP contribution in [0.15, 0.2) is 54.6 Å². The molecule has 0 spiro atoms. The fourth-order valence-corrected chi connectivity index (χ4v) is 2.40. The fourth-order valence-electron chi connectivity index (χ4n) is 2.40. The average molecular weight is 280 g/mol. The Kier molecular flexibility index (Phi) is 3.79. The lowest BCUT2D eigenvalue weighted by molar-refractivity contribution is 0.0968. The van der Waals surface area contributed by atoms with Gasteiger partial charge in [-0.2, -0.15) is 0 Å². The highest BCUT2D eigenvalue weighted by Crippen LogP contribution is 2.17. The standard InChI is InChI=1S/C17H16N2O2/c1-21-12-17-18-14-9-5-6-10-15(14)19(17)11-16(20)13-7-3-2-4-8-13/h2-10H,11-12H2,1H3. The van der Waals surface area contributed by atoms with Gasteiger partial charge in [-0.25, -0.2) is 4.98 Å². The van der Waals surface area contributed by atoms with E-state index < -0.39 is 0 Å². The van der Waals surface area contributed by atoms with Crippen LogP contribution in [0, 0.1) is 0 Å². The maximum absolute atomic E-state index is 12.4. The molecule has 0 aliphatic rings. The van der Waals surface area contributed by atoms with E-state index >= 15 is 0 Å². The van der Waals surface area contributed by atoms with Gasteiger partial charge in [0.05, 0.1) is 17.6 Å². The van der Waals surface area contributed by atoms with Crippen LogP contribution in [0.2, 0.25) is 0 Å². The SMILES string of the molecule is COCc1nc2ccccc2n1CC(=O)c1ccccc1. The van der Waals surface area contributed by atoms with Crippen molar-refractivity contribution in [3.05, 3.63) is 66.0 Å². The van der Waals surface area contributed by atoms with Crippen molar-refractivity contribution in [3.8, 4) is 0 Å². The highest BCUT2D eigenvalue weighted by Gasteiger charge is 2.14. The number of fused-ring (bicyclic) bond motifs is 1. The van der Waals surface area contributed by atoms with Crippen molar-refractivity contribution in [2.75, 3.05) is 7.11 Å². The molecule has 1 heterocycles. The summed E-state index contributed by atoms with van der Waals surface area (Å²) in [5.74, 6) is 0.832. The van der Waals surface area contributed by atoms with Crippen molar-refractivity contribution < 1.29 is 9.53 Å². The van der Waals surface area contributed by atoms with Crippen LogP contribution >= 0.6 is 0 Å². The van der Waals surface area contributed by atoms with Crippen molar-refractivity contribution in [1.82, 2.24) is 9.55 Å². The number of hydrogen-bond acceptors (Lipinski definition) is 3. The Hall–Kier alpha value is -2.46.